The van der Waals surface area contributed by atoms with Gasteiger partial charge in [0.15, 0.2) is 0 Å². The van der Waals surface area contributed by atoms with Gasteiger partial charge in [0.25, 0.3) is 0 Å². The number of alkyl halides is 1. The summed E-state index contributed by atoms with van der Waals surface area (Å²) >= 11 is 3.47. The summed E-state index contributed by atoms with van der Waals surface area (Å²) in [6.45, 7) is 3.54. The van der Waals surface area contributed by atoms with Crippen molar-refractivity contribution < 1.29 is 4.79 Å². The van der Waals surface area contributed by atoms with Gasteiger partial charge in [-0.3, -0.25) is 4.79 Å². The monoisotopic (exact) mass is 241 g/mol. The summed E-state index contributed by atoms with van der Waals surface area (Å²) in [7, 11) is 0. The zero-order valence-corrected chi connectivity index (χ0v) is 9.26. The lowest BCUT2D eigenvalue weighted by Gasteiger charge is -2.10. The van der Waals surface area contributed by atoms with Crippen molar-refractivity contribution >= 4 is 27.5 Å². The van der Waals surface area contributed by atoms with Crippen LogP contribution in [0.3, 0.4) is 0 Å². The third-order valence-electron chi connectivity index (χ3n) is 1.70. The lowest BCUT2D eigenvalue weighted by Crippen LogP contribution is -2.08. The molecule has 0 spiro atoms. The van der Waals surface area contributed by atoms with Crippen LogP contribution in [0.5, 0.6) is 0 Å². The Hall–Kier alpha value is -0.830. The number of rotatable bonds is 2. The van der Waals surface area contributed by atoms with Gasteiger partial charge in [0.05, 0.1) is 0 Å². The van der Waals surface area contributed by atoms with E-state index in [0.29, 0.717) is 0 Å². The molecule has 3 heteroatoms. The van der Waals surface area contributed by atoms with Gasteiger partial charge in [-0.05, 0) is 18.6 Å². The highest BCUT2D eigenvalue weighted by molar-refractivity contribution is 9.09. The predicted octanol–water partition coefficient (Wildman–Crippen LogP) is 3.10. The molecular weight excluding hydrogens is 230 g/mol. The molecule has 0 saturated carbocycles. The van der Waals surface area contributed by atoms with E-state index in [9.17, 15) is 4.79 Å². The summed E-state index contributed by atoms with van der Waals surface area (Å²) < 4.78 is 0. The number of carbonyl (C=O) groups is 1. The SMILES string of the molecule is CC(=O)Nc1ccccc1C(C)Br. The molecule has 0 heterocycles. The number of amides is 1. The molecule has 1 aromatic carbocycles. The predicted molar refractivity (Wildman–Crippen MR) is 58.1 cm³/mol. The van der Waals surface area contributed by atoms with E-state index in [1.165, 1.54) is 6.92 Å². The van der Waals surface area contributed by atoms with Crippen LogP contribution in [0.15, 0.2) is 24.3 Å². The first kappa shape index (κ1) is 10.3. The first-order chi connectivity index (χ1) is 6.11. The summed E-state index contributed by atoms with van der Waals surface area (Å²) in [5, 5.41) is 2.79. The second kappa shape index (κ2) is 4.42. The molecule has 0 fully saturated rings. The number of carbonyl (C=O) groups excluding carboxylic acids is 1. The van der Waals surface area contributed by atoms with Gasteiger partial charge in [0.2, 0.25) is 5.91 Å². The summed E-state index contributed by atoms with van der Waals surface area (Å²) in [6.07, 6.45) is 0. The largest absolute Gasteiger partial charge is 0.326 e. The molecule has 0 saturated heterocycles. The highest BCUT2D eigenvalue weighted by Gasteiger charge is 2.06. The van der Waals surface area contributed by atoms with E-state index >= 15 is 0 Å². The quantitative estimate of drug-likeness (QED) is 0.793. The van der Waals surface area contributed by atoms with Gasteiger partial charge in [-0.2, -0.15) is 0 Å². The van der Waals surface area contributed by atoms with Crippen LogP contribution in [0.2, 0.25) is 0 Å². The van der Waals surface area contributed by atoms with Gasteiger partial charge in [-0.15, -0.1) is 0 Å². The summed E-state index contributed by atoms with van der Waals surface area (Å²) in [6, 6.07) is 7.75. The molecule has 70 valence electrons. The topological polar surface area (TPSA) is 29.1 Å². The molecule has 0 bridgehead atoms. The van der Waals surface area contributed by atoms with Gasteiger partial charge < -0.3 is 5.32 Å². The van der Waals surface area contributed by atoms with Crippen LogP contribution >= 0.6 is 15.9 Å². The third-order valence-corrected chi connectivity index (χ3v) is 2.19. The number of anilines is 1. The van der Waals surface area contributed by atoms with Gasteiger partial charge in [0, 0.05) is 17.4 Å². The van der Waals surface area contributed by atoms with E-state index in [0.717, 1.165) is 11.3 Å². The van der Waals surface area contributed by atoms with Crippen LogP contribution in [-0.2, 0) is 4.79 Å². The molecule has 1 N–H and O–H groups in total. The number of hydrogen-bond acceptors (Lipinski definition) is 1. The first-order valence-electron chi connectivity index (χ1n) is 4.12. The van der Waals surface area contributed by atoms with Gasteiger partial charge in [-0.25, -0.2) is 0 Å². The number of halogens is 1. The Labute approximate surface area is 86.5 Å². The molecule has 1 rings (SSSR count). The lowest BCUT2D eigenvalue weighted by atomic mass is 10.1. The fourth-order valence-corrected chi connectivity index (χ4v) is 1.55. The molecule has 0 aromatic heterocycles. The van der Waals surface area contributed by atoms with Crippen LogP contribution in [0.4, 0.5) is 5.69 Å². The minimum absolute atomic E-state index is 0.0411. The second-order valence-corrected chi connectivity index (χ2v) is 4.26. The standard InChI is InChI=1S/C10H12BrNO/c1-7(11)9-5-3-4-6-10(9)12-8(2)13/h3-7H,1-2H3,(H,12,13). The average molecular weight is 242 g/mol. The molecule has 1 amide bonds. The van der Waals surface area contributed by atoms with Gasteiger partial charge >= 0.3 is 0 Å². The Balaban J connectivity index is 2.97. The average Bonchev–Trinajstić information content (AvgIpc) is 2.03. The van der Waals surface area contributed by atoms with Crippen molar-refractivity contribution in [1.82, 2.24) is 0 Å². The van der Waals surface area contributed by atoms with Crippen LogP contribution < -0.4 is 5.32 Å². The summed E-state index contributed by atoms with van der Waals surface area (Å²) in [5.74, 6) is -0.0411. The fourth-order valence-electron chi connectivity index (χ4n) is 1.15. The minimum Gasteiger partial charge on any atom is -0.326 e. The maximum atomic E-state index is 10.9. The normalized spacial score (nSPS) is 12.2. The van der Waals surface area contributed by atoms with E-state index < -0.39 is 0 Å². The summed E-state index contributed by atoms with van der Waals surface area (Å²) in [4.78, 5) is 11.1. The molecule has 1 aromatic rings. The molecule has 0 radical (unpaired) electrons. The van der Waals surface area contributed by atoms with Crippen molar-refractivity contribution in [3.8, 4) is 0 Å². The highest BCUT2D eigenvalue weighted by Crippen LogP contribution is 2.28. The molecule has 1 atom stereocenters. The molecule has 0 aliphatic rings. The van der Waals surface area contributed by atoms with Crippen molar-refractivity contribution in [2.24, 2.45) is 0 Å². The third kappa shape index (κ3) is 2.84. The molecule has 0 aliphatic heterocycles. The van der Waals surface area contributed by atoms with Crippen molar-refractivity contribution in [2.75, 3.05) is 5.32 Å². The second-order valence-electron chi connectivity index (χ2n) is 2.88. The van der Waals surface area contributed by atoms with E-state index in [2.05, 4.69) is 21.2 Å². The zero-order valence-electron chi connectivity index (χ0n) is 7.67. The van der Waals surface area contributed by atoms with Crippen LogP contribution in [0.1, 0.15) is 24.2 Å². The van der Waals surface area contributed by atoms with Crippen molar-refractivity contribution in [1.29, 1.82) is 0 Å². The van der Waals surface area contributed by atoms with E-state index in [1.807, 2.05) is 31.2 Å². The highest BCUT2D eigenvalue weighted by atomic mass is 79.9. The molecule has 13 heavy (non-hydrogen) atoms. The Bertz CT molecular complexity index is 310. The Morgan fingerprint density at radius 3 is 2.62 bits per heavy atom. The Morgan fingerprint density at radius 2 is 2.08 bits per heavy atom. The van der Waals surface area contributed by atoms with Crippen molar-refractivity contribution in [2.45, 2.75) is 18.7 Å². The van der Waals surface area contributed by atoms with E-state index in [-0.39, 0.29) is 10.7 Å². The number of benzene rings is 1. The molecule has 2 nitrogen and oxygen atoms in total. The molecule has 1 unspecified atom stereocenters. The lowest BCUT2D eigenvalue weighted by molar-refractivity contribution is -0.114. The van der Waals surface area contributed by atoms with Crippen LogP contribution in [0, 0.1) is 0 Å². The van der Waals surface area contributed by atoms with Crippen LogP contribution in [0.25, 0.3) is 0 Å². The smallest absolute Gasteiger partial charge is 0.221 e. The minimum atomic E-state index is -0.0411. The number of nitrogens with one attached hydrogen (secondary N) is 1. The molecule has 0 aliphatic carbocycles. The Morgan fingerprint density at radius 1 is 1.46 bits per heavy atom. The number of hydrogen-bond donors (Lipinski definition) is 1. The van der Waals surface area contributed by atoms with Crippen molar-refractivity contribution in [3.05, 3.63) is 29.8 Å². The Kier molecular flexibility index (Phi) is 3.48. The van der Waals surface area contributed by atoms with E-state index in [1.54, 1.807) is 0 Å². The van der Waals surface area contributed by atoms with Crippen molar-refractivity contribution in [3.63, 3.8) is 0 Å². The van der Waals surface area contributed by atoms with Gasteiger partial charge in [0.1, 0.15) is 0 Å². The molecular formula is C10H12BrNO. The summed E-state index contributed by atoms with van der Waals surface area (Å²) in [5.41, 5.74) is 1.97. The van der Waals surface area contributed by atoms with Gasteiger partial charge in [-0.1, -0.05) is 34.1 Å². The zero-order chi connectivity index (χ0) is 9.84. The fraction of sp³-hybridized carbons (Fsp3) is 0.300. The van der Waals surface area contributed by atoms with E-state index in [4.69, 9.17) is 0 Å². The maximum absolute atomic E-state index is 10.9. The maximum Gasteiger partial charge on any atom is 0.221 e. The van der Waals surface area contributed by atoms with Crippen LogP contribution in [-0.4, -0.2) is 5.91 Å². The number of para-hydroxylation sites is 1. The first-order valence-corrected chi connectivity index (χ1v) is 5.03.